The number of rotatable bonds is 6. The van der Waals surface area contributed by atoms with Gasteiger partial charge in [0.2, 0.25) is 0 Å². The molecule has 0 bridgehead atoms. The Labute approximate surface area is 135 Å². The minimum atomic E-state index is -3.08. The molecule has 1 heterocycles. The van der Waals surface area contributed by atoms with Crippen LogP contribution in [0.2, 0.25) is 0 Å². The van der Waals surface area contributed by atoms with Gasteiger partial charge in [-0.25, -0.2) is 0 Å². The molecule has 1 atom stereocenters. The van der Waals surface area contributed by atoms with E-state index in [1.54, 1.807) is 0 Å². The van der Waals surface area contributed by atoms with Crippen molar-refractivity contribution in [3.63, 3.8) is 0 Å². The van der Waals surface area contributed by atoms with Crippen LogP contribution in [0, 0.1) is 0 Å². The molecule has 1 aromatic carbocycles. The lowest BCUT2D eigenvalue weighted by atomic mass is 10.1. The van der Waals surface area contributed by atoms with Crippen LogP contribution in [0.25, 0.3) is 0 Å². The third kappa shape index (κ3) is 3.66. The highest BCUT2D eigenvalue weighted by Gasteiger charge is 2.17. The Kier molecular flexibility index (Phi) is 1.43. The van der Waals surface area contributed by atoms with Crippen LogP contribution < -0.4 is 0 Å². The van der Waals surface area contributed by atoms with Crippen LogP contribution in [0.4, 0.5) is 0 Å². The normalized spacial score (nSPS) is 26.3. The fourth-order valence-corrected chi connectivity index (χ4v) is 1.32. The molecule has 0 fully saturated rings. The fourth-order valence-electron chi connectivity index (χ4n) is 1.32. The van der Waals surface area contributed by atoms with Gasteiger partial charge in [-0.05, 0) is 25.6 Å². The quantitative estimate of drug-likeness (QED) is 0.808. The van der Waals surface area contributed by atoms with Crippen molar-refractivity contribution in [3.8, 4) is 0 Å². The second-order valence-electron chi connectivity index (χ2n) is 3.48. The maximum atomic E-state index is 8.21. The van der Waals surface area contributed by atoms with Crippen LogP contribution in [0.3, 0.4) is 0 Å². The number of likely N-dealkylation sites (N-methyl/N-ethyl adjacent to an activating group) is 1. The molecular formula is C15H21N3O. The van der Waals surface area contributed by atoms with Gasteiger partial charge in [-0.1, -0.05) is 30.2 Å². The molecule has 1 unspecified atom stereocenters. The maximum Gasteiger partial charge on any atom is 0.124 e. The number of aryl methyl sites for hydroxylation is 1. The van der Waals surface area contributed by atoms with Gasteiger partial charge in [0.15, 0.2) is 0 Å². The van der Waals surface area contributed by atoms with Crippen LogP contribution in [-0.4, -0.2) is 41.8 Å². The van der Waals surface area contributed by atoms with Crippen molar-refractivity contribution in [3.05, 3.63) is 53.7 Å². The number of aromatic nitrogens is 2. The summed E-state index contributed by atoms with van der Waals surface area (Å²) in [5.74, 6) is 0. The van der Waals surface area contributed by atoms with Crippen LogP contribution in [0.15, 0.2) is 42.4 Å². The zero-order valence-electron chi connectivity index (χ0n) is 25.0. The molecule has 2 rings (SSSR count). The van der Waals surface area contributed by atoms with Gasteiger partial charge in [0, 0.05) is 30.6 Å². The SMILES string of the molecule is [2H]c1nn(C([2H])([2H])[2H])c(C(OCC([2H])([2H])N(C)C([2H])([2H])[2H])c2c([2H])c([2H])c([2H])c([2H])c2[2H])c1[2H]. The van der Waals surface area contributed by atoms with Gasteiger partial charge < -0.3 is 9.64 Å². The van der Waals surface area contributed by atoms with Gasteiger partial charge >= 0.3 is 0 Å². The molecule has 0 aliphatic heterocycles. The van der Waals surface area contributed by atoms with E-state index in [2.05, 4.69) is 5.10 Å². The second-order valence-corrected chi connectivity index (χ2v) is 3.48. The lowest BCUT2D eigenvalue weighted by molar-refractivity contribution is 0.0638. The summed E-state index contributed by atoms with van der Waals surface area (Å²) in [6, 6.07) is -4.78. The van der Waals surface area contributed by atoms with E-state index in [-0.39, 0.29) is 4.68 Å². The van der Waals surface area contributed by atoms with E-state index in [0.29, 0.717) is 4.90 Å². The van der Waals surface area contributed by atoms with Crippen LogP contribution in [0.5, 0.6) is 0 Å². The van der Waals surface area contributed by atoms with Crippen molar-refractivity contribution >= 4 is 0 Å². The van der Waals surface area contributed by atoms with E-state index in [4.69, 9.17) is 25.3 Å². The summed E-state index contributed by atoms with van der Waals surface area (Å²) < 4.78 is 123. The summed E-state index contributed by atoms with van der Waals surface area (Å²) >= 11 is 0. The molecule has 1 aromatic heterocycles. The topological polar surface area (TPSA) is 30.3 Å². The predicted octanol–water partition coefficient (Wildman–Crippen LogP) is 2.09. The fraction of sp³-hybridized carbons (Fsp3) is 0.400. The first-order valence-corrected chi connectivity index (χ1v) is 5.22. The van der Waals surface area contributed by atoms with E-state index in [0.717, 1.165) is 7.05 Å². The lowest BCUT2D eigenvalue weighted by Crippen LogP contribution is -2.20. The highest BCUT2D eigenvalue weighted by Crippen LogP contribution is 2.25. The number of hydrogen-bond donors (Lipinski definition) is 0. The molecule has 102 valence electrons. The summed E-state index contributed by atoms with van der Waals surface area (Å²) in [5.41, 5.74) is -1.31. The zero-order valence-corrected chi connectivity index (χ0v) is 10.0. The highest BCUT2D eigenvalue weighted by atomic mass is 16.5. The van der Waals surface area contributed by atoms with Crippen molar-refractivity contribution < 1.29 is 25.3 Å². The van der Waals surface area contributed by atoms with E-state index in [1.165, 1.54) is 0 Å². The standard InChI is InChI=1S/C15H21N3O/c1-17(2)11-12-19-15(13-7-5-4-6-8-13)14-9-10-16-18(14)3/h4-10,15H,11-12H2,1-3H3/i1D3,3D3,4D,5D,6D,7D,8D,9D,10D,11D2. The van der Waals surface area contributed by atoms with Gasteiger partial charge in [0.1, 0.15) is 6.10 Å². The molecule has 0 radical (unpaired) electrons. The Hall–Kier alpha value is -1.65. The van der Waals surface area contributed by atoms with Crippen molar-refractivity contribution in [2.45, 2.75) is 6.10 Å². The average molecular weight is 274 g/mol. The molecule has 0 amide bonds. The predicted molar refractivity (Wildman–Crippen MR) is 76.0 cm³/mol. The molecule has 0 spiro atoms. The third-order valence-electron chi connectivity index (χ3n) is 2.14. The molecule has 0 aliphatic rings. The highest BCUT2D eigenvalue weighted by molar-refractivity contribution is 5.25. The Morgan fingerprint density at radius 3 is 3.05 bits per heavy atom. The van der Waals surface area contributed by atoms with Crippen LogP contribution in [-0.2, 0) is 11.7 Å². The molecule has 4 heteroatoms. The monoisotopic (exact) mass is 274 g/mol. The number of benzene rings is 1. The summed E-state index contributed by atoms with van der Waals surface area (Å²) in [6.45, 7) is -9.75. The van der Waals surface area contributed by atoms with E-state index >= 15 is 0 Å². The molecule has 0 saturated carbocycles. The molecule has 2 aromatic rings. The smallest absolute Gasteiger partial charge is 0.124 e. The van der Waals surface area contributed by atoms with Gasteiger partial charge in [-0.3, -0.25) is 4.68 Å². The van der Waals surface area contributed by atoms with Crippen LogP contribution >= 0.6 is 0 Å². The first kappa shape index (κ1) is 4.17. The number of ether oxygens (including phenoxy) is 1. The summed E-state index contributed by atoms with van der Waals surface area (Å²) in [4.78, 5) is 0.359. The minimum Gasteiger partial charge on any atom is -0.366 e. The Morgan fingerprint density at radius 2 is 2.32 bits per heavy atom. The van der Waals surface area contributed by atoms with Gasteiger partial charge in [-0.2, -0.15) is 5.10 Å². The van der Waals surface area contributed by atoms with Crippen molar-refractivity contribution in [1.29, 1.82) is 0 Å². The van der Waals surface area contributed by atoms with E-state index in [9.17, 15) is 0 Å². The number of nitrogens with zero attached hydrogens (tertiary/aromatic N) is 3. The molecule has 0 N–H and O–H groups in total. The van der Waals surface area contributed by atoms with Gasteiger partial charge in [-0.15, -0.1) is 0 Å². The Bertz CT molecular complexity index is 1050. The molecule has 0 saturated heterocycles. The van der Waals surface area contributed by atoms with Crippen LogP contribution in [0.1, 0.15) is 37.9 Å². The largest absolute Gasteiger partial charge is 0.366 e. The first-order chi connectivity index (χ1) is 15.2. The molecule has 19 heavy (non-hydrogen) atoms. The lowest BCUT2D eigenvalue weighted by Gasteiger charge is -2.20. The molecule has 4 nitrogen and oxygen atoms in total. The Balaban J connectivity index is 2.80. The van der Waals surface area contributed by atoms with Crippen molar-refractivity contribution in [2.24, 2.45) is 6.98 Å². The van der Waals surface area contributed by atoms with Gasteiger partial charge in [0.25, 0.3) is 0 Å². The Morgan fingerprint density at radius 1 is 1.47 bits per heavy atom. The van der Waals surface area contributed by atoms with E-state index < -0.39 is 86.8 Å². The summed E-state index contributed by atoms with van der Waals surface area (Å²) in [7, 11) is 0.945. The second kappa shape index (κ2) is 6.50. The summed E-state index contributed by atoms with van der Waals surface area (Å²) in [5, 5.41) is 3.47. The molecular weight excluding hydrogens is 238 g/mol. The van der Waals surface area contributed by atoms with Gasteiger partial charge in [0.05, 0.1) is 21.9 Å². The van der Waals surface area contributed by atoms with E-state index in [1.807, 2.05) is 0 Å². The zero-order chi connectivity index (χ0) is 26.5. The maximum absolute atomic E-state index is 8.21. The van der Waals surface area contributed by atoms with Crippen molar-refractivity contribution in [2.75, 3.05) is 27.1 Å². The first-order valence-electron chi connectivity index (χ1n) is 12.7. The average Bonchev–Trinajstić information content (AvgIpc) is 3.01. The number of hydrogen-bond acceptors (Lipinski definition) is 3. The third-order valence-corrected chi connectivity index (χ3v) is 2.14. The summed E-state index contributed by atoms with van der Waals surface area (Å²) in [6.07, 6.45) is -2.79. The van der Waals surface area contributed by atoms with Crippen molar-refractivity contribution in [1.82, 2.24) is 14.7 Å². The molecule has 0 aliphatic carbocycles. The minimum absolute atomic E-state index is 0.256.